The van der Waals surface area contributed by atoms with Crippen LogP contribution in [0.1, 0.15) is 52.4 Å². The van der Waals surface area contributed by atoms with E-state index in [-0.39, 0.29) is 6.04 Å². The van der Waals surface area contributed by atoms with Gasteiger partial charge >= 0.3 is 0 Å². The van der Waals surface area contributed by atoms with Crippen LogP contribution < -0.4 is 5.32 Å². The molecular weight excluding hydrogens is 200 g/mol. The zero-order valence-corrected chi connectivity index (χ0v) is 10.5. The highest BCUT2D eigenvalue weighted by Gasteiger charge is 2.31. The second kappa shape index (κ2) is 5.17. The normalized spacial score (nSPS) is 33.9. The van der Waals surface area contributed by atoms with Crippen LogP contribution in [0.15, 0.2) is 0 Å². The summed E-state index contributed by atoms with van der Waals surface area (Å²) in [5.41, 5.74) is 0. The fourth-order valence-corrected chi connectivity index (χ4v) is 3.03. The molecule has 3 nitrogen and oxygen atoms in total. The molecule has 1 aliphatic heterocycles. The van der Waals surface area contributed by atoms with Crippen LogP contribution in [0.4, 0.5) is 0 Å². The number of nitrogens with one attached hydrogen (secondary N) is 1. The van der Waals surface area contributed by atoms with E-state index in [2.05, 4.69) is 17.1 Å². The molecule has 2 unspecified atom stereocenters. The van der Waals surface area contributed by atoms with Crippen LogP contribution in [0.3, 0.4) is 0 Å². The lowest BCUT2D eigenvalue weighted by molar-refractivity contribution is -0.135. The molecule has 2 fully saturated rings. The van der Waals surface area contributed by atoms with Crippen LogP contribution in [0, 0.1) is 0 Å². The second-order valence-corrected chi connectivity index (χ2v) is 5.40. The topological polar surface area (TPSA) is 32.3 Å². The minimum Gasteiger partial charge on any atom is -0.338 e. The van der Waals surface area contributed by atoms with Gasteiger partial charge in [-0.15, -0.1) is 0 Å². The summed E-state index contributed by atoms with van der Waals surface area (Å²) in [5, 5.41) is 3.37. The van der Waals surface area contributed by atoms with E-state index in [0.717, 1.165) is 13.0 Å². The predicted octanol–water partition coefficient (Wildman–Crippen LogP) is 1.92. The summed E-state index contributed by atoms with van der Waals surface area (Å²) in [4.78, 5) is 14.4. The number of carbonyl (C=O) groups is 1. The molecule has 0 aromatic heterocycles. The van der Waals surface area contributed by atoms with Crippen molar-refractivity contribution >= 4 is 5.91 Å². The Hall–Kier alpha value is -0.570. The van der Waals surface area contributed by atoms with Crippen LogP contribution in [-0.2, 0) is 4.79 Å². The number of rotatable bonds is 1. The third kappa shape index (κ3) is 2.57. The Kier molecular flexibility index (Phi) is 3.85. The fourth-order valence-electron chi connectivity index (χ4n) is 3.03. The molecule has 1 heterocycles. The average Bonchev–Trinajstić information content (AvgIpc) is 2.41. The van der Waals surface area contributed by atoms with Gasteiger partial charge in [-0.05, 0) is 33.1 Å². The largest absolute Gasteiger partial charge is 0.338 e. The molecule has 0 radical (unpaired) electrons. The van der Waals surface area contributed by atoms with Gasteiger partial charge in [0.05, 0.1) is 6.04 Å². The molecule has 92 valence electrons. The minimum absolute atomic E-state index is 0.000531. The fraction of sp³-hybridized carbons (Fsp3) is 0.923. The van der Waals surface area contributed by atoms with Gasteiger partial charge in [0, 0.05) is 18.6 Å². The van der Waals surface area contributed by atoms with Crippen LogP contribution in [0.2, 0.25) is 0 Å². The van der Waals surface area contributed by atoms with E-state index in [1.165, 1.54) is 32.1 Å². The Bertz CT molecular complexity index is 248. The van der Waals surface area contributed by atoms with Gasteiger partial charge in [-0.25, -0.2) is 0 Å². The first-order valence-electron chi connectivity index (χ1n) is 6.75. The Labute approximate surface area is 98.6 Å². The van der Waals surface area contributed by atoms with Crippen molar-refractivity contribution < 1.29 is 4.79 Å². The first-order valence-corrected chi connectivity index (χ1v) is 6.75. The summed E-state index contributed by atoms with van der Waals surface area (Å²) in [6.45, 7) is 5.12. The molecule has 0 spiro atoms. The van der Waals surface area contributed by atoms with Gasteiger partial charge in [-0.3, -0.25) is 4.79 Å². The summed E-state index contributed by atoms with van der Waals surface area (Å²) in [6, 6.07) is 0.989. The Morgan fingerprint density at radius 1 is 1.12 bits per heavy atom. The molecule has 0 aromatic carbocycles. The van der Waals surface area contributed by atoms with Crippen molar-refractivity contribution in [2.45, 2.75) is 70.5 Å². The summed E-state index contributed by atoms with van der Waals surface area (Å²) in [7, 11) is 0. The number of nitrogens with zero attached hydrogens (tertiary/aromatic N) is 1. The molecule has 1 saturated heterocycles. The lowest BCUT2D eigenvalue weighted by Gasteiger charge is -2.34. The van der Waals surface area contributed by atoms with E-state index in [1.54, 1.807) is 0 Å². The van der Waals surface area contributed by atoms with E-state index in [4.69, 9.17) is 0 Å². The van der Waals surface area contributed by atoms with Gasteiger partial charge in [0.1, 0.15) is 0 Å². The second-order valence-electron chi connectivity index (χ2n) is 5.40. The van der Waals surface area contributed by atoms with Gasteiger partial charge in [0.2, 0.25) is 5.91 Å². The van der Waals surface area contributed by atoms with Crippen molar-refractivity contribution in [3.63, 3.8) is 0 Å². The van der Waals surface area contributed by atoms with Crippen molar-refractivity contribution in [1.29, 1.82) is 0 Å². The molecule has 16 heavy (non-hydrogen) atoms. The number of carbonyl (C=O) groups excluding carboxylic acids is 1. The molecule has 0 aromatic rings. The SMILES string of the molecule is CC1CCN(C2CCCCC2)C(=O)C(C)N1. The molecule has 1 amide bonds. The molecule has 2 aliphatic rings. The lowest BCUT2D eigenvalue weighted by atomic mass is 9.93. The Morgan fingerprint density at radius 3 is 2.50 bits per heavy atom. The third-order valence-corrected chi connectivity index (χ3v) is 4.01. The van der Waals surface area contributed by atoms with Crippen molar-refractivity contribution in [2.24, 2.45) is 0 Å². The highest BCUT2D eigenvalue weighted by atomic mass is 16.2. The maximum atomic E-state index is 12.3. The standard InChI is InChI=1S/C13H24N2O/c1-10-8-9-15(13(16)11(2)14-10)12-6-4-3-5-7-12/h10-12,14H,3-9H2,1-2H3. The van der Waals surface area contributed by atoms with Crippen molar-refractivity contribution in [1.82, 2.24) is 10.2 Å². The number of hydrogen-bond acceptors (Lipinski definition) is 2. The zero-order valence-electron chi connectivity index (χ0n) is 10.5. The van der Waals surface area contributed by atoms with Crippen LogP contribution in [-0.4, -0.2) is 35.5 Å². The maximum Gasteiger partial charge on any atom is 0.239 e. The molecule has 0 bridgehead atoms. The molecule has 2 atom stereocenters. The monoisotopic (exact) mass is 224 g/mol. The number of hydrogen-bond donors (Lipinski definition) is 1. The van der Waals surface area contributed by atoms with E-state index in [1.807, 2.05) is 6.92 Å². The molecule has 1 N–H and O–H groups in total. The highest BCUT2D eigenvalue weighted by Crippen LogP contribution is 2.24. The van der Waals surface area contributed by atoms with E-state index in [9.17, 15) is 4.79 Å². The summed E-state index contributed by atoms with van der Waals surface area (Å²) < 4.78 is 0. The van der Waals surface area contributed by atoms with Crippen LogP contribution in [0.5, 0.6) is 0 Å². The molecule has 1 saturated carbocycles. The zero-order chi connectivity index (χ0) is 11.5. The van der Waals surface area contributed by atoms with Gasteiger partial charge in [0.25, 0.3) is 0 Å². The van der Waals surface area contributed by atoms with Crippen LogP contribution in [0.25, 0.3) is 0 Å². The Balaban J connectivity index is 2.03. The predicted molar refractivity (Wildman–Crippen MR) is 65.3 cm³/mol. The minimum atomic E-state index is -0.000531. The van der Waals surface area contributed by atoms with Crippen molar-refractivity contribution in [2.75, 3.05) is 6.54 Å². The van der Waals surface area contributed by atoms with Gasteiger partial charge in [-0.2, -0.15) is 0 Å². The summed E-state index contributed by atoms with van der Waals surface area (Å²) in [5.74, 6) is 0.316. The van der Waals surface area contributed by atoms with Crippen molar-refractivity contribution in [3.05, 3.63) is 0 Å². The van der Waals surface area contributed by atoms with E-state index >= 15 is 0 Å². The number of amides is 1. The summed E-state index contributed by atoms with van der Waals surface area (Å²) in [6.07, 6.45) is 7.46. The highest BCUT2D eigenvalue weighted by molar-refractivity contribution is 5.82. The van der Waals surface area contributed by atoms with Gasteiger partial charge < -0.3 is 10.2 Å². The summed E-state index contributed by atoms with van der Waals surface area (Å²) >= 11 is 0. The third-order valence-electron chi connectivity index (χ3n) is 4.01. The smallest absolute Gasteiger partial charge is 0.239 e. The average molecular weight is 224 g/mol. The maximum absolute atomic E-state index is 12.3. The molecular formula is C13H24N2O. The first-order chi connectivity index (χ1) is 7.68. The van der Waals surface area contributed by atoms with Crippen LogP contribution >= 0.6 is 0 Å². The van der Waals surface area contributed by atoms with Gasteiger partial charge in [0.15, 0.2) is 0 Å². The Morgan fingerprint density at radius 2 is 1.81 bits per heavy atom. The molecule has 1 aliphatic carbocycles. The van der Waals surface area contributed by atoms with Gasteiger partial charge in [-0.1, -0.05) is 19.3 Å². The molecule has 2 rings (SSSR count). The van der Waals surface area contributed by atoms with E-state index < -0.39 is 0 Å². The lowest BCUT2D eigenvalue weighted by Crippen LogP contribution is -2.47. The molecule has 3 heteroatoms. The first kappa shape index (κ1) is 11.9. The van der Waals surface area contributed by atoms with Crippen molar-refractivity contribution in [3.8, 4) is 0 Å². The van der Waals surface area contributed by atoms with E-state index in [0.29, 0.717) is 18.0 Å². The quantitative estimate of drug-likeness (QED) is 0.738.